The van der Waals surface area contributed by atoms with Crippen molar-refractivity contribution in [1.82, 2.24) is 9.80 Å². The van der Waals surface area contributed by atoms with Crippen LogP contribution in [-0.2, 0) is 11.3 Å². The van der Waals surface area contributed by atoms with Crippen LogP contribution < -0.4 is 0 Å². The number of hydrogen-bond donors (Lipinski definition) is 0. The summed E-state index contributed by atoms with van der Waals surface area (Å²) in [5.74, 6) is 1.37. The molecule has 2 saturated heterocycles. The molecule has 146 valence electrons. The molecule has 0 bridgehead atoms. The van der Waals surface area contributed by atoms with E-state index in [1.807, 2.05) is 12.1 Å². The Bertz CT molecular complexity index is 537. The maximum absolute atomic E-state index is 13.9. The minimum absolute atomic E-state index is 0.0747. The Balaban J connectivity index is 1.45. The smallest absolute Gasteiger partial charge is 0.127 e. The first-order valence-corrected chi connectivity index (χ1v) is 10.4. The van der Waals surface area contributed by atoms with Crippen LogP contribution in [0.25, 0.3) is 0 Å². The summed E-state index contributed by atoms with van der Waals surface area (Å²) >= 11 is 0. The molecule has 3 nitrogen and oxygen atoms in total. The van der Waals surface area contributed by atoms with Gasteiger partial charge in [0.25, 0.3) is 0 Å². The van der Waals surface area contributed by atoms with Gasteiger partial charge in [-0.3, -0.25) is 4.90 Å². The Morgan fingerprint density at radius 1 is 1.15 bits per heavy atom. The molecule has 0 unspecified atom stereocenters. The first-order valence-electron chi connectivity index (χ1n) is 10.4. The standard InChI is InChI=1S/C22H35FN2O/c1-18(2)14-25(17-21-7-5-13-26-21)15-19-9-11-24(12-10-19)16-20-6-3-4-8-22(20)23/h3-4,6,8,18-19,21H,5,7,9-17H2,1-2H3/t21-/m0/s1. The molecule has 26 heavy (non-hydrogen) atoms. The van der Waals surface area contributed by atoms with E-state index in [-0.39, 0.29) is 5.82 Å². The van der Waals surface area contributed by atoms with E-state index in [9.17, 15) is 4.39 Å². The van der Waals surface area contributed by atoms with Crippen LogP contribution in [0.15, 0.2) is 24.3 Å². The highest BCUT2D eigenvalue weighted by molar-refractivity contribution is 5.17. The van der Waals surface area contributed by atoms with Crippen molar-refractivity contribution in [3.8, 4) is 0 Å². The van der Waals surface area contributed by atoms with Gasteiger partial charge in [0.1, 0.15) is 5.82 Å². The Hall–Kier alpha value is -0.970. The molecule has 2 aliphatic heterocycles. The van der Waals surface area contributed by atoms with Gasteiger partial charge in [0.05, 0.1) is 6.10 Å². The largest absolute Gasteiger partial charge is 0.377 e. The van der Waals surface area contributed by atoms with Crippen LogP contribution in [0.3, 0.4) is 0 Å². The molecular weight excluding hydrogens is 327 g/mol. The number of benzene rings is 1. The van der Waals surface area contributed by atoms with E-state index in [1.54, 1.807) is 12.1 Å². The molecule has 4 heteroatoms. The van der Waals surface area contributed by atoms with Crippen molar-refractivity contribution in [2.45, 2.75) is 52.2 Å². The third-order valence-corrected chi connectivity index (χ3v) is 5.68. The number of rotatable bonds is 8. The third kappa shape index (κ3) is 6.04. The average Bonchev–Trinajstić information content (AvgIpc) is 3.11. The van der Waals surface area contributed by atoms with E-state index in [4.69, 9.17) is 4.74 Å². The molecule has 0 N–H and O–H groups in total. The molecule has 0 amide bonds. The highest BCUT2D eigenvalue weighted by atomic mass is 19.1. The molecule has 0 aliphatic carbocycles. The van der Waals surface area contributed by atoms with Gasteiger partial charge in [-0.25, -0.2) is 4.39 Å². The molecule has 2 fully saturated rings. The van der Waals surface area contributed by atoms with Crippen LogP contribution in [0.1, 0.15) is 45.1 Å². The van der Waals surface area contributed by atoms with Crippen LogP contribution in [0.5, 0.6) is 0 Å². The zero-order chi connectivity index (χ0) is 18.4. The predicted molar refractivity (Wildman–Crippen MR) is 105 cm³/mol. The summed E-state index contributed by atoms with van der Waals surface area (Å²) in [6.45, 7) is 11.9. The van der Waals surface area contributed by atoms with Gasteiger partial charge in [-0.05, 0) is 56.7 Å². The summed E-state index contributed by atoms with van der Waals surface area (Å²) in [7, 11) is 0. The molecule has 0 aromatic heterocycles. The SMILES string of the molecule is CC(C)CN(CC1CCN(Cc2ccccc2F)CC1)C[C@@H]1CCCO1. The zero-order valence-corrected chi connectivity index (χ0v) is 16.5. The minimum atomic E-state index is -0.0747. The Kier molecular flexibility index (Phi) is 7.47. The van der Waals surface area contributed by atoms with Crippen molar-refractivity contribution in [2.75, 3.05) is 39.3 Å². The van der Waals surface area contributed by atoms with Crippen LogP contribution >= 0.6 is 0 Å². The second kappa shape index (κ2) is 9.82. The van der Waals surface area contributed by atoms with Gasteiger partial charge < -0.3 is 9.64 Å². The first-order chi connectivity index (χ1) is 12.6. The summed E-state index contributed by atoms with van der Waals surface area (Å²) in [6.07, 6.45) is 5.31. The lowest BCUT2D eigenvalue weighted by Crippen LogP contribution is -2.42. The highest BCUT2D eigenvalue weighted by Crippen LogP contribution is 2.22. The van der Waals surface area contributed by atoms with Gasteiger partial charge in [0, 0.05) is 38.3 Å². The summed E-state index contributed by atoms with van der Waals surface area (Å²) in [5.41, 5.74) is 0.825. The van der Waals surface area contributed by atoms with Crippen molar-refractivity contribution in [2.24, 2.45) is 11.8 Å². The third-order valence-electron chi connectivity index (χ3n) is 5.68. The fourth-order valence-electron chi connectivity index (χ4n) is 4.38. The number of nitrogens with zero attached hydrogens (tertiary/aromatic N) is 2. The molecule has 0 saturated carbocycles. The van der Waals surface area contributed by atoms with E-state index < -0.39 is 0 Å². The summed E-state index contributed by atoms with van der Waals surface area (Å²) in [6, 6.07) is 7.17. The normalized spacial score (nSPS) is 22.6. The predicted octanol–water partition coefficient (Wildman–Crippen LogP) is 4.17. The van der Waals surface area contributed by atoms with E-state index in [0.717, 1.165) is 50.8 Å². The van der Waals surface area contributed by atoms with E-state index in [2.05, 4.69) is 23.6 Å². The number of halogens is 1. The van der Waals surface area contributed by atoms with E-state index in [0.29, 0.717) is 12.0 Å². The topological polar surface area (TPSA) is 15.7 Å². The van der Waals surface area contributed by atoms with Gasteiger partial charge in [-0.2, -0.15) is 0 Å². The fraction of sp³-hybridized carbons (Fsp3) is 0.727. The van der Waals surface area contributed by atoms with Crippen LogP contribution in [0.4, 0.5) is 4.39 Å². The monoisotopic (exact) mass is 362 g/mol. The molecule has 0 radical (unpaired) electrons. The van der Waals surface area contributed by atoms with Crippen LogP contribution in [0, 0.1) is 17.7 Å². The molecule has 1 aromatic carbocycles. The van der Waals surface area contributed by atoms with Gasteiger partial charge in [0.2, 0.25) is 0 Å². The number of ether oxygens (including phenoxy) is 1. The van der Waals surface area contributed by atoms with Gasteiger partial charge in [0.15, 0.2) is 0 Å². The lowest BCUT2D eigenvalue weighted by atomic mass is 9.95. The molecule has 3 rings (SSSR count). The quantitative estimate of drug-likeness (QED) is 0.690. The number of hydrogen-bond acceptors (Lipinski definition) is 3. The van der Waals surface area contributed by atoms with Gasteiger partial charge in [-0.15, -0.1) is 0 Å². The minimum Gasteiger partial charge on any atom is -0.377 e. The second-order valence-electron chi connectivity index (χ2n) is 8.56. The molecule has 0 spiro atoms. The Morgan fingerprint density at radius 2 is 1.92 bits per heavy atom. The lowest BCUT2D eigenvalue weighted by molar-refractivity contribution is 0.0555. The first kappa shape index (κ1) is 19.8. The maximum Gasteiger partial charge on any atom is 0.127 e. The van der Waals surface area contributed by atoms with E-state index in [1.165, 1.54) is 32.2 Å². The van der Waals surface area contributed by atoms with Crippen molar-refractivity contribution in [1.29, 1.82) is 0 Å². The maximum atomic E-state index is 13.9. The summed E-state index contributed by atoms with van der Waals surface area (Å²) in [4.78, 5) is 5.04. The van der Waals surface area contributed by atoms with Crippen LogP contribution in [0.2, 0.25) is 0 Å². The van der Waals surface area contributed by atoms with Crippen molar-refractivity contribution >= 4 is 0 Å². The molecular formula is C22H35FN2O. The summed E-state index contributed by atoms with van der Waals surface area (Å²) in [5, 5.41) is 0. The second-order valence-corrected chi connectivity index (χ2v) is 8.56. The molecule has 2 aliphatic rings. The van der Waals surface area contributed by atoms with Crippen molar-refractivity contribution < 1.29 is 9.13 Å². The zero-order valence-electron chi connectivity index (χ0n) is 16.5. The average molecular weight is 363 g/mol. The molecule has 1 aromatic rings. The van der Waals surface area contributed by atoms with Gasteiger partial charge >= 0.3 is 0 Å². The lowest BCUT2D eigenvalue weighted by Gasteiger charge is -2.36. The molecule has 2 heterocycles. The van der Waals surface area contributed by atoms with Crippen molar-refractivity contribution in [3.63, 3.8) is 0 Å². The number of piperidine rings is 1. The fourth-order valence-corrected chi connectivity index (χ4v) is 4.38. The summed E-state index contributed by atoms with van der Waals surface area (Å²) < 4.78 is 19.7. The Labute approximate surface area is 158 Å². The number of likely N-dealkylation sites (tertiary alicyclic amines) is 1. The molecule has 1 atom stereocenters. The highest BCUT2D eigenvalue weighted by Gasteiger charge is 2.25. The Morgan fingerprint density at radius 3 is 2.58 bits per heavy atom. The van der Waals surface area contributed by atoms with Crippen molar-refractivity contribution in [3.05, 3.63) is 35.6 Å². The van der Waals surface area contributed by atoms with Crippen LogP contribution in [-0.4, -0.2) is 55.2 Å². The van der Waals surface area contributed by atoms with E-state index >= 15 is 0 Å². The van der Waals surface area contributed by atoms with Gasteiger partial charge in [-0.1, -0.05) is 32.0 Å².